The van der Waals surface area contributed by atoms with Crippen LogP contribution < -0.4 is 0 Å². The fraction of sp³-hybridized carbons (Fsp3) is 0. The zero-order chi connectivity index (χ0) is 11.4. The number of benzene rings is 1. The number of nitro groups is 1. The number of nitriles is 1. The van der Waals surface area contributed by atoms with Gasteiger partial charge >= 0.3 is 5.97 Å². The van der Waals surface area contributed by atoms with Gasteiger partial charge in [0.05, 0.1) is 4.92 Å². The summed E-state index contributed by atoms with van der Waals surface area (Å²) in [6, 6.07) is 3.82. The Balaban J connectivity index is 3.43. The van der Waals surface area contributed by atoms with Gasteiger partial charge in [0.25, 0.3) is 5.69 Å². The van der Waals surface area contributed by atoms with Crippen LogP contribution >= 0.6 is 11.8 Å². The van der Waals surface area contributed by atoms with E-state index >= 15 is 0 Å². The van der Waals surface area contributed by atoms with Gasteiger partial charge in [-0.1, -0.05) is 6.07 Å². The number of para-hydroxylation sites is 1. The molecule has 0 aliphatic heterocycles. The summed E-state index contributed by atoms with van der Waals surface area (Å²) in [6.45, 7) is 0. The Labute approximate surface area is 88.3 Å². The van der Waals surface area contributed by atoms with Crippen LogP contribution in [0.5, 0.6) is 0 Å². The fourth-order valence-corrected chi connectivity index (χ4v) is 1.54. The summed E-state index contributed by atoms with van der Waals surface area (Å²) in [5, 5.41) is 29.4. The highest BCUT2D eigenvalue weighted by atomic mass is 32.2. The molecule has 1 aromatic rings. The van der Waals surface area contributed by atoms with Crippen LogP contribution in [-0.2, 0) is 0 Å². The maximum absolute atomic E-state index is 10.7. The number of thioether (sulfide) groups is 1. The van der Waals surface area contributed by atoms with Crippen LogP contribution in [0.15, 0.2) is 23.1 Å². The Kier molecular flexibility index (Phi) is 3.25. The minimum Gasteiger partial charge on any atom is -0.477 e. The van der Waals surface area contributed by atoms with E-state index in [4.69, 9.17) is 10.4 Å². The van der Waals surface area contributed by atoms with Crippen molar-refractivity contribution in [2.75, 3.05) is 0 Å². The van der Waals surface area contributed by atoms with E-state index in [9.17, 15) is 14.9 Å². The molecule has 0 saturated heterocycles. The molecule has 1 rings (SSSR count). The quantitative estimate of drug-likeness (QED) is 0.363. The maximum Gasteiger partial charge on any atom is 0.342 e. The van der Waals surface area contributed by atoms with Crippen molar-refractivity contribution in [2.45, 2.75) is 4.90 Å². The van der Waals surface area contributed by atoms with Gasteiger partial charge in [-0.05, 0) is 23.9 Å². The van der Waals surface area contributed by atoms with E-state index in [0.717, 1.165) is 6.07 Å². The lowest BCUT2D eigenvalue weighted by molar-refractivity contribution is -0.388. The summed E-state index contributed by atoms with van der Waals surface area (Å²) in [6.07, 6.45) is 0. The molecule has 0 radical (unpaired) electrons. The fourth-order valence-electron chi connectivity index (χ4n) is 1.01. The number of rotatable bonds is 3. The molecule has 0 amide bonds. The van der Waals surface area contributed by atoms with E-state index in [1.165, 1.54) is 12.1 Å². The van der Waals surface area contributed by atoms with Crippen molar-refractivity contribution >= 4 is 23.4 Å². The Morgan fingerprint density at radius 1 is 1.60 bits per heavy atom. The standard InChI is InChI=1S/C8H4N2O4S/c9-4-15-6-3-1-2-5(8(11)12)7(6)10(13)14/h1-3H,(H,11,12). The largest absolute Gasteiger partial charge is 0.477 e. The lowest BCUT2D eigenvalue weighted by Crippen LogP contribution is -2.03. The van der Waals surface area contributed by atoms with Gasteiger partial charge in [0.1, 0.15) is 15.9 Å². The molecule has 0 fully saturated rings. The van der Waals surface area contributed by atoms with E-state index in [2.05, 4.69) is 0 Å². The van der Waals surface area contributed by atoms with Crippen LogP contribution in [0.1, 0.15) is 10.4 Å². The van der Waals surface area contributed by atoms with Crippen LogP contribution in [0.2, 0.25) is 0 Å². The molecule has 0 heterocycles. The number of aromatic carboxylic acids is 1. The molecular weight excluding hydrogens is 220 g/mol. The van der Waals surface area contributed by atoms with Crippen LogP contribution in [0.25, 0.3) is 0 Å². The third kappa shape index (κ3) is 2.24. The van der Waals surface area contributed by atoms with Crippen LogP contribution in [0.4, 0.5) is 5.69 Å². The van der Waals surface area contributed by atoms with Crippen molar-refractivity contribution in [3.63, 3.8) is 0 Å². The Morgan fingerprint density at radius 3 is 2.73 bits per heavy atom. The highest BCUT2D eigenvalue weighted by molar-refractivity contribution is 8.03. The lowest BCUT2D eigenvalue weighted by Gasteiger charge is -2.00. The molecule has 0 atom stereocenters. The minimum atomic E-state index is -1.39. The van der Waals surface area contributed by atoms with Gasteiger partial charge < -0.3 is 5.11 Å². The molecule has 1 N–H and O–H groups in total. The molecule has 0 aromatic heterocycles. The van der Waals surface area contributed by atoms with Crippen molar-refractivity contribution in [1.82, 2.24) is 0 Å². The van der Waals surface area contributed by atoms with Gasteiger partial charge in [0.15, 0.2) is 0 Å². The molecule has 1 aromatic carbocycles. The van der Waals surface area contributed by atoms with Gasteiger partial charge in [0.2, 0.25) is 0 Å². The molecular formula is C8H4N2O4S. The summed E-state index contributed by atoms with van der Waals surface area (Å²) in [7, 11) is 0. The summed E-state index contributed by atoms with van der Waals surface area (Å²) >= 11 is 0.562. The van der Waals surface area contributed by atoms with Crippen LogP contribution in [0.3, 0.4) is 0 Å². The van der Waals surface area contributed by atoms with E-state index in [0.29, 0.717) is 11.8 Å². The molecule has 0 bridgehead atoms. The van der Waals surface area contributed by atoms with Gasteiger partial charge in [-0.25, -0.2) is 4.79 Å². The highest BCUT2D eigenvalue weighted by Crippen LogP contribution is 2.31. The molecule has 0 spiro atoms. The number of hydrogen-bond donors (Lipinski definition) is 1. The predicted octanol–water partition coefficient (Wildman–Crippen LogP) is 1.87. The molecule has 6 nitrogen and oxygen atoms in total. The predicted molar refractivity (Wildman–Crippen MR) is 51.5 cm³/mol. The summed E-state index contributed by atoms with van der Waals surface area (Å²) < 4.78 is 0. The number of thiocyanates is 1. The second kappa shape index (κ2) is 4.43. The van der Waals surface area contributed by atoms with Gasteiger partial charge in [-0.15, -0.1) is 0 Å². The second-order valence-electron chi connectivity index (χ2n) is 2.41. The molecule has 0 saturated carbocycles. The van der Waals surface area contributed by atoms with E-state index in [1.807, 2.05) is 0 Å². The average molecular weight is 224 g/mol. The van der Waals surface area contributed by atoms with Gasteiger partial charge in [-0.3, -0.25) is 10.1 Å². The minimum absolute atomic E-state index is 0.0300. The number of carboxylic acid groups (broad SMARTS) is 1. The first-order chi connectivity index (χ1) is 7.07. The van der Waals surface area contributed by atoms with Crippen LogP contribution in [0, 0.1) is 20.8 Å². The monoisotopic (exact) mass is 224 g/mol. The Hall–Kier alpha value is -2.07. The summed E-state index contributed by atoms with van der Waals surface area (Å²) in [4.78, 5) is 20.6. The summed E-state index contributed by atoms with van der Waals surface area (Å²) in [5.74, 6) is -1.39. The van der Waals surface area contributed by atoms with Crippen molar-refractivity contribution in [1.29, 1.82) is 5.26 Å². The zero-order valence-corrected chi connectivity index (χ0v) is 8.02. The van der Waals surface area contributed by atoms with Crippen LogP contribution in [-0.4, -0.2) is 16.0 Å². The smallest absolute Gasteiger partial charge is 0.342 e. The molecule has 76 valence electrons. The number of nitrogens with zero attached hydrogens (tertiary/aromatic N) is 2. The van der Waals surface area contributed by atoms with Crippen molar-refractivity contribution in [3.8, 4) is 5.40 Å². The van der Waals surface area contributed by atoms with Crippen molar-refractivity contribution in [3.05, 3.63) is 33.9 Å². The number of nitro benzene ring substituents is 1. The van der Waals surface area contributed by atoms with Crippen molar-refractivity contribution < 1.29 is 14.8 Å². The number of carbonyl (C=O) groups is 1. The second-order valence-corrected chi connectivity index (χ2v) is 3.23. The maximum atomic E-state index is 10.7. The molecule has 0 unspecified atom stereocenters. The number of carboxylic acids is 1. The molecule has 0 aliphatic carbocycles. The third-order valence-corrected chi connectivity index (χ3v) is 2.21. The Bertz CT molecular complexity index is 466. The normalized spacial score (nSPS) is 9.27. The highest BCUT2D eigenvalue weighted by Gasteiger charge is 2.24. The zero-order valence-electron chi connectivity index (χ0n) is 7.21. The third-order valence-electron chi connectivity index (χ3n) is 1.57. The first-order valence-electron chi connectivity index (χ1n) is 3.64. The lowest BCUT2D eigenvalue weighted by atomic mass is 10.2. The molecule has 15 heavy (non-hydrogen) atoms. The van der Waals surface area contributed by atoms with Crippen molar-refractivity contribution in [2.24, 2.45) is 0 Å². The summed E-state index contributed by atoms with van der Waals surface area (Å²) in [5.41, 5.74) is -0.961. The van der Waals surface area contributed by atoms with E-state index in [1.54, 1.807) is 5.40 Å². The number of hydrogen-bond acceptors (Lipinski definition) is 5. The van der Waals surface area contributed by atoms with Gasteiger partial charge in [-0.2, -0.15) is 5.26 Å². The topological polar surface area (TPSA) is 104 Å². The first-order valence-corrected chi connectivity index (χ1v) is 4.46. The Morgan fingerprint density at radius 2 is 2.27 bits per heavy atom. The first kappa shape index (κ1) is 11.0. The average Bonchev–Trinajstić information content (AvgIpc) is 2.17. The molecule has 7 heteroatoms. The molecule has 0 aliphatic rings. The van der Waals surface area contributed by atoms with Gasteiger partial charge in [0, 0.05) is 0 Å². The SMILES string of the molecule is N#CSc1cccc(C(=O)O)c1[N+](=O)[O-]. The van der Waals surface area contributed by atoms with E-state index < -0.39 is 22.1 Å². The van der Waals surface area contributed by atoms with E-state index in [-0.39, 0.29) is 4.90 Å².